The zero-order valence-corrected chi connectivity index (χ0v) is 22.3. The number of benzene rings is 3. The zero-order valence-electron chi connectivity index (χ0n) is 21.6. The molecule has 0 bridgehead atoms. The summed E-state index contributed by atoms with van der Waals surface area (Å²) in [5, 5.41) is 7.17. The van der Waals surface area contributed by atoms with E-state index in [0.717, 1.165) is 16.7 Å². The molecule has 0 radical (unpaired) electrons. The molecule has 0 saturated heterocycles. The summed E-state index contributed by atoms with van der Waals surface area (Å²) in [6.45, 7) is 1.53. The number of rotatable bonds is 6. The van der Waals surface area contributed by atoms with Gasteiger partial charge in [-0.2, -0.15) is 5.10 Å². The first-order valence-electron chi connectivity index (χ1n) is 12.8. The number of aromatic nitrogens is 1. The average Bonchev–Trinajstić information content (AvgIpc) is 3.67. The molecule has 0 aliphatic carbocycles. The third-order valence-electron chi connectivity index (χ3n) is 6.83. The number of hydrogen-bond donors (Lipinski definition) is 0. The molecule has 0 spiro atoms. The summed E-state index contributed by atoms with van der Waals surface area (Å²) >= 11 is 6.04. The lowest BCUT2D eigenvalue weighted by Gasteiger charge is -2.19. The summed E-state index contributed by atoms with van der Waals surface area (Å²) < 4.78 is 11.2. The molecule has 1 aliphatic heterocycles. The molecule has 1 atom stereocenters. The molecule has 2 aromatic heterocycles. The number of pyridine rings is 1. The normalized spacial score (nSPS) is 14.8. The van der Waals surface area contributed by atoms with E-state index in [1.54, 1.807) is 36.6 Å². The van der Waals surface area contributed by atoms with Crippen LogP contribution in [0, 0.1) is 6.92 Å². The van der Waals surface area contributed by atoms with Crippen molar-refractivity contribution >= 4 is 40.1 Å². The van der Waals surface area contributed by atoms with Gasteiger partial charge in [0.2, 0.25) is 0 Å². The van der Waals surface area contributed by atoms with E-state index in [1.165, 1.54) is 5.01 Å². The number of para-hydroxylation sites is 1. The third kappa shape index (κ3) is 5.11. The van der Waals surface area contributed by atoms with Crippen molar-refractivity contribution < 1.29 is 18.7 Å². The maximum absolute atomic E-state index is 13.4. The fraction of sp³-hybridized carbons (Fsp3) is 0.125. The Bertz CT molecular complexity index is 1730. The smallest absolute Gasteiger partial charge is 0.339 e. The van der Waals surface area contributed by atoms with Gasteiger partial charge < -0.3 is 9.15 Å². The van der Waals surface area contributed by atoms with Crippen LogP contribution in [0.15, 0.2) is 107 Å². The topological polar surface area (TPSA) is 85.0 Å². The first-order valence-corrected chi connectivity index (χ1v) is 13.2. The van der Waals surface area contributed by atoms with Crippen molar-refractivity contribution in [1.82, 2.24) is 9.99 Å². The molecule has 198 valence electrons. The van der Waals surface area contributed by atoms with Crippen LogP contribution in [0.1, 0.15) is 39.7 Å². The minimum Gasteiger partial charge on any atom is -0.467 e. The van der Waals surface area contributed by atoms with E-state index in [2.05, 4.69) is 5.10 Å². The van der Waals surface area contributed by atoms with Crippen LogP contribution in [0.3, 0.4) is 0 Å². The Morgan fingerprint density at radius 2 is 1.73 bits per heavy atom. The SMILES string of the molecule is Cc1ccc(-c2cc(C(=O)OCC(=O)N3N=C(c4ccc(Cl)cc4)CC3c3ccco3)c3ccccc3n2)cc1. The number of hydrogen-bond acceptors (Lipinski definition) is 6. The van der Waals surface area contributed by atoms with Crippen molar-refractivity contribution in [3.63, 3.8) is 0 Å². The van der Waals surface area contributed by atoms with Crippen molar-refractivity contribution in [2.75, 3.05) is 6.61 Å². The molecular formula is C32H24ClN3O4. The average molecular weight is 550 g/mol. The summed E-state index contributed by atoms with van der Waals surface area (Å²) in [5.41, 5.74) is 5.20. The molecule has 0 N–H and O–H groups in total. The molecule has 1 unspecified atom stereocenters. The summed E-state index contributed by atoms with van der Waals surface area (Å²) in [5.74, 6) is -0.484. The monoisotopic (exact) mass is 549 g/mol. The number of halogens is 1. The number of aryl methyl sites for hydroxylation is 1. The van der Waals surface area contributed by atoms with Gasteiger partial charge in [-0.05, 0) is 48.9 Å². The van der Waals surface area contributed by atoms with Crippen LogP contribution < -0.4 is 0 Å². The second-order valence-corrected chi connectivity index (χ2v) is 9.98. The van der Waals surface area contributed by atoms with Gasteiger partial charge in [-0.3, -0.25) is 4.79 Å². The highest BCUT2D eigenvalue weighted by molar-refractivity contribution is 6.30. The van der Waals surface area contributed by atoms with Crippen molar-refractivity contribution in [2.45, 2.75) is 19.4 Å². The number of amides is 1. The van der Waals surface area contributed by atoms with Crippen LogP contribution in [-0.2, 0) is 9.53 Å². The van der Waals surface area contributed by atoms with Crippen molar-refractivity contribution in [2.24, 2.45) is 5.10 Å². The highest BCUT2D eigenvalue weighted by atomic mass is 35.5. The Morgan fingerprint density at radius 1 is 0.975 bits per heavy atom. The molecule has 7 nitrogen and oxygen atoms in total. The summed E-state index contributed by atoms with van der Waals surface area (Å²) in [7, 11) is 0. The van der Waals surface area contributed by atoms with E-state index in [-0.39, 0.29) is 0 Å². The Labute approximate surface area is 235 Å². The van der Waals surface area contributed by atoms with Crippen LogP contribution in [0.4, 0.5) is 0 Å². The molecule has 8 heteroatoms. The van der Waals surface area contributed by atoms with Crippen molar-refractivity contribution in [3.8, 4) is 11.3 Å². The Hall–Kier alpha value is -4.75. The maximum Gasteiger partial charge on any atom is 0.339 e. The fourth-order valence-corrected chi connectivity index (χ4v) is 4.87. The molecular weight excluding hydrogens is 526 g/mol. The van der Waals surface area contributed by atoms with Gasteiger partial charge in [0.15, 0.2) is 6.61 Å². The number of hydrazone groups is 1. The minimum atomic E-state index is -0.615. The first-order chi connectivity index (χ1) is 19.5. The molecule has 0 fully saturated rings. The number of fused-ring (bicyclic) bond motifs is 1. The fourth-order valence-electron chi connectivity index (χ4n) is 4.75. The van der Waals surface area contributed by atoms with Crippen LogP contribution in [-0.4, -0.2) is 34.2 Å². The molecule has 1 aliphatic rings. The van der Waals surface area contributed by atoms with Gasteiger partial charge in [-0.15, -0.1) is 0 Å². The van der Waals surface area contributed by atoms with Crippen molar-refractivity contribution in [3.05, 3.63) is 125 Å². The molecule has 1 amide bonds. The largest absolute Gasteiger partial charge is 0.467 e. The van der Waals surface area contributed by atoms with Crippen LogP contribution in [0.5, 0.6) is 0 Å². The number of carbonyl (C=O) groups is 2. The van der Waals surface area contributed by atoms with Crippen LogP contribution in [0.25, 0.3) is 22.2 Å². The molecule has 5 aromatic rings. The molecule has 6 rings (SSSR count). The van der Waals surface area contributed by atoms with E-state index in [9.17, 15) is 9.59 Å². The number of esters is 1. The minimum absolute atomic E-state index is 0.336. The first kappa shape index (κ1) is 25.5. The predicted octanol–water partition coefficient (Wildman–Crippen LogP) is 6.99. The number of furan rings is 1. The van der Waals surface area contributed by atoms with Crippen molar-refractivity contribution in [1.29, 1.82) is 0 Å². The van der Waals surface area contributed by atoms with Crippen LogP contribution in [0.2, 0.25) is 5.02 Å². The molecule has 3 aromatic carbocycles. The summed E-state index contributed by atoms with van der Waals surface area (Å²) in [6.07, 6.45) is 2.00. The lowest BCUT2D eigenvalue weighted by Crippen LogP contribution is -2.31. The summed E-state index contributed by atoms with van der Waals surface area (Å²) in [4.78, 5) is 31.5. The van der Waals surface area contributed by atoms with Gasteiger partial charge in [0, 0.05) is 22.4 Å². The third-order valence-corrected chi connectivity index (χ3v) is 7.08. The zero-order chi connectivity index (χ0) is 27.6. The standard InChI is InChI=1S/C32H24ClN3O4/c1-20-8-10-21(11-9-20)27-17-25(24-5-2-3-6-26(24)34-27)32(38)40-19-31(37)36-29(30-7-4-16-39-30)18-28(35-36)22-12-14-23(33)15-13-22/h2-17,29H,18-19H2,1H3. The molecule has 3 heterocycles. The van der Waals surface area contributed by atoms with Gasteiger partial charge in [0.25, 0.3) is 5.91 Å². The number of ether oxygens (including phenoxy) is 1. The van der Waals surface area contributed by atoms with Gasteiger partial charge in [-0.25, -0.2) is 14.8 Å². The van der Waals surface area contributed by atoms with Gasteiger partial charge >= 0.3 is 5.97 Å². The quantitative estimate of drug-likeness (QED) is 0.213. The highest BCUT2D eigenvalue weighted by Gasteiger charge is 2.35. The van der Waals surface area contributed by atoms with E-state index in [4.69, 9.17) is 25.7 Å². The maximum atomic E-state index is 13.4. The van der Waals surface area contributed by atoms with E-state index in [1.807, 2.05) is 67.6 Å². The van der Waals surface area contributed by atoms with E-state index < -0.39 is 24.5 Å². The predicted molar refractivity (Wildman–Crippen MR) is 153 cm³/mol. The van der Waals surface area contributed by atoms with Crippen LogP contribution >= 0.6 is 11.6 Å². The van der Waals surface area contributed by atoms with E-state index in [0.29, 0.717) is 45.1 Å². The Kier molecular flexibility index (Phi) is 6.88. The number of carbonyl (C=O) groups excluding carboxylic acids is 2. The second-order valence-electron chi connectivity index (χ2n) is 9.54. The molecule has 0 saturated carbocycles. The van der Waals surface area contributed by atoms with Gasteiger partial charge in [0.1, 0.15) is 11.8 Å². The second kappa shape index (κ2) is 10.8. The number of nitrogens with zero attached hydrogens (tertiary/aromatic N) is 3. The highest BCUT2D eigenvalue weighted by Crippen LogP contribution is 2.33. The van der Waals surface area contributed by atoms with Gasteiger partial charge in [0.05, 0.1) is 28.7 Å². The molecule has 40 heavy (non-hydrogen) atoms. The van der Waals surface area contributed by atoms with Gasteiger partial charge in [-0.1, -0.05) is 71.8 Å². The van der Waals surface area contributed by atoms with E-state index >= 15 is 0 Å². The lowest BCUT2D eigenvalue weighted by molar-refractivity contribution is -0.136. The Morgan fingerprint density at radius 3 is 2.48 bits per heavy atom. The Balaban J connectivity index is 1.26. The summed E-state index contributed by atoms with van der Waals surface area (Å²) in [6, 6.07) is 27.3. The lowest BCUT2D eigenvalue weighted by atomic mass is 10.0.